The number of benzene rings is 1. The summed E-state index contributed by atoms with van der Waals surface area (Å²) in [6.07, 6.45) is 3.55. The number of carboxylic acids is 1. The van der Waals surface area contributed by atoms with Crippen LogP contribution in [-0.2, 0) is 4.79 Å². The molecule has 0 spiro atoms. The molecule has 0 bridgehead atoms. The van der Waals surface area contributed by atoms with Crippen LogP contribution in [-0.4, -0.2) is 33.2 Å². The third-order valence-corrected chi connectivity index (χ3v) is 3.82. The maximum Gasteiger partial charge on any atom is 0.306 e. The number of aromatic amines is 1. The van der Waals surface area contributed by atoms with Crippen molar-refractivity contribution in [3.63, 3.8) is 0 Å². The molecule has 1 aromatic carbocycles. The van der Waals surface area contributed by atoms with Crippen molar-refractivity contribution in [1.29, 1.82) is 0 Å². The molecule has 0 saturated heterocycles. The highest BCUT2D eigenvalue weighted by molar-refractivity contribution is 5.97. The summed E-state index contributed by atoms with van der Waals surface area (Å²) in [5.74, 6) is -1.28. The van der Waals surface area contributed by atoms with E-state index in [1.54, 1.807) is 18.3 Å². The van der Waals surface area contributed by atoms with Crippen LogP contribution >= 0.6 is 0 Å². The number of hydrogen-bond acceptors (Lipinski definition) is 3. The Morgan fingerprint density at radius 2 is 2.20 bits per heavy atom. The van der Waals surface area contributed by atoms with Gasteiger partial charge >= 0.3 is 5.97 Å². The highest BCUT2D eigenvalue weighted by Crippen LogP contribution is 2.26. The number of nitrogens with one attached hydrogen (secondary N) is 2. The average molecular weight is 273 g/mol. The van der Waals surface area contributed by atoms with Crippen molar-refractivity contribution in [3.05, 3.63) is 30.0 Å². The molecule has 1 aliphatic carbocycles. The summed E-state index contributed by atoms with van der Waals surface area (Å²) in [7, 11) is 0. The molecule has 1 aliphatic rings. The molecule has 6 nitrogen and oxygen atoms in total. The highest BCUT2D eigenvalue weighted by atomic mass is 16.4. The lowest BCUT2D eigenvalue weighted by Crippen LogP contribution is -2.33. The van der Waals surface area contributed by atoms with Crippen molar-refractivity contribution in [1.82, 2.24) is 15.5 Å². The summed E-state index contributed by atoms with van der Waals surface area (Å²) in [6, 6.07) is 5.28. The predicted molar refractivity (Wildman–Crippen MR) is 72.3 cm³/mol. The first-order valence-corrected chi connectivity index (χ1v) is 6.60. The summed E-state index contributed by atoms with van der Waals surface area (Å²) < 4.78 is 0. The third kappa shape index (κ3) is 2.36. The zero-order valence-corrected chi connectivity index (χ0v) is 10.8. The quantitative estimate of drug-likeness (QED) is 0.790. The normalized spacial score (nSPS) is 22.0. The standard InChI is InChI=1S/C14H15N3O3/c18-13(16-11-4-3-9(5-11)14(19)20)8-1-2-10-7-15-17-12(10)6-8/h1-2,6-7,9,11H,3-5H2,(H,15,17)(H,16,18)(H,19,20). The molecule has 1 heterocycles. The van der Waals surface area contributed by atoms with Crippen molar-refractivity contribution in [2.24, 2.45) is 5.92 Å². The second-order valence-electron chi connectivity index (χ2n) is 5.19. The number of amides is 1. The number of rotatable bonds is 3. The molecule has 3 rings (SSSR count). The van der Waals surface area contributed by atoms with Crippen molar-refractivity contribution >= 4 is 22.8 Å². The van der Waals surface area contributed by atoms with Gasteiger partial charge in [-0.3, -0.25) is 14.7 Å². The number of carboxylic acid groups (broad SMARTS) is 1. The van der Waals surface area contributed by atoms with Crippen molar-refractivity contribution in [3.8, 4) is 0 Å². The van der Waals surface area contributed by atoms with Gasteiger partial charge in [-0.15, -0.1) is 0 Å². The van der Waals surface area contributed by atoms with Crippen LogP contribution < -0.4 is 5.32 Å². The van der Waals surface area contributed by atoms with Crippen LogP contribution in [0.15, 0.2) is 24.4 Å². The summed E-state index contributed by atoms with van der Waals surface area (Å²) in [4.78, 5) is 23.0. The van der Waals surface area contributed by atoms with Crippen LogP contribution in [0.2, 0.25) is 0 Å². The smallest absolute Gasteiger partial charge is 0.306 e. The molecule has 1 amide bonds. The maximum absolute atomic E-state index is 12.1. The van der Waals surface area contributed by atoms with Crippen molar-refractivity contribution in [2.45, 2.75) is 25.3 Å². The monoisotopic (exact) mass is 273 g/mol. The van der Waals surface area contributed by atoms with Crippen LogP contribution in [0.1, 0.15) is 29.6 Å². The Balaban J connectivity index is 1.68. The van der Waals surface area contributed by atoms with Gasteiger partial charge in [0, 0.05) is 17.0 Å². The van der Waals surface area contributed by atoms with E-state index in [4.69, 9.17) is 5.11 Å². The number of aliphatic carboxylic acids is 1. The molecular formula is C14H15N3O3. The molecule has 2 aromatic rings. The van der Waals surface area contributed by atoms with Crippen molar-refractivity contribution in [2.75, 3.05) is 0 Å². The average Bonchev–Trinajstić information content (AvgIpc) is 3.05. The summed E-state index contributed by atoms with van der Waals surface area (Å²) in [5, 5.41) is 19.5. The first-order valence-electron chi connectivity index (χ1n) is 6.60. The Labute approximate surface area is 115 Å². The van der Waals surface area contributed by atoms with E-state index >= 15 is 0 Å². The molecule has 1 fully saturated rings. The number of carbonyl (C=O) groups excluding carboxylic acids is 1. The number of H-pyrrole nitrogens is 1. The predicted octanol–water partition coefficient (Wildman–Crippen LogP) is 1.55. The van der Waals surface area contributed by atoms with Gasteiger partial charge in [0.2, 0.25) is 0 Å². The Hall–Kier alpha value is -2.37. The summed E-state index contributed by atoms with van der Waals surface area (Å²) in [6.45, 7) is 0. The fourth-order valence-corrected chi connectivity index (χ4v) is 2.68. The van der Waals surface area contributed by atoms with Gasteiger partial charge in [-0.1, -0.05) is 6.07 Å². The number of carbonyl (C=O) groups is 2. The molecule has 20 heavy (non-hydrogen) atoms. The Kier molecular flexibility index (Phi) is 3.14. The second kappa shape index (κ2) is 4.96. The zero-order valence-electron chi connectivity index (χ0n) is 10.8. The van der Waals surface area contributed by atoms with Gasteiger partial charge in [0.25, 0.3) is 5.91 Å². The van der Waals surface area contributed by atoms with Gasteiger partial charge in [0.15, 0.2) is 0 Å². The van der Waals surface area contributed by atoms with Crippen molar-refractivity contribution < 1.29 is 14.7 Å². The third-order valence-electron chi connectivity index (χ3n) is 3.82. The molecular weight excluding hydrogens is 258 g/mol. The van der Waals surface area contributed by atoms with E-state index in [1.165, 1.54) is 0 Å². The number of hydrogen-bond donors (Lipinski definition) is 3. The lowest BCUT2D eigenvalue weighted by atomic mass is 10.1. The molecule has 0 radical (unpaired) electrons. The highest BCUT2D eigenvalue weighted by Gasteiger charge is 2.30. The molecule has 2 unspecified atom stereocenters. The lowest BCUT2D eigenvalue weighted by molar-refractivity contribution is -0.141. The van der Waals surface area contributed by atoms with E-state index in [9.17, 15) is 9.59 Å². The molecule has 0 aliphatic heterocycles. The minimum Gasteiger partial charge on any atom is -0.481 e. The van der Waals surface area contributed by atoms with E-state index in [0.29, 0.717) is 18.4 Å². The maximum atomic E-state index is 12.1. The van der Waals surface area contributed by atoms with Crippen LogP contribution in [0.4, 0.5) is 0 Å². The van der Waals surface area contributed by atoms with Gasteiger partial charge < -0.3 is 10.4 Å². The van der Waals surface area contributed by atoms with Crippen LogP contribution in [0.5, 0.6) is 0 Å². The van der Waals surface area contributed by atoms with Crippen LogP contribution in [0.3, 0.4) is 0 Å². The van der Waals surface area contributed by atoms with Crippen LogP contribution in [0.25, 0.3) is 10.9 Å². The topological polar surface area (TPSA) is 95.1 Å². The number of aromatic nitrogens is 2. The fraction of sp³-hybridized carbons (Fsp3) is 0.357. The molecule has 3 N–H and O–H groups in total. The second-order valence-corrected chi connectivity index (χ2v) is 5.19. The SMILES string of the molecule is O=C(NC1CCC(C(=O)O)C1)c1ccc2cn[nH]c2c1. The minimum atomic E-state index is -0.777. The number of nitrogens with zero attached hydrogens (tertiary/aromatic N) is 1. The lowest BCUT2D eigenvalue weighted by Gasteiger charge is -2.12. The molecule has 6 heteroatoms. The van der Waals surface area contributed by atoms with E-state index in [1.807, 2.05) is 6.07 Å². The molecule has 1 aromatic heterocycles. The summed E-state index contributed by atoms with van der Waals surface area (Å²) >= 11 is 0. The first kappa shape index (κ1) is 12.7. The fourth-order valence-electron chi connectivity index (χ4n) is 2.68. The molecule has 104 valence electrons. The summed E-state index contributed by atoms with van der Waals surface area (Å²) in [5.41, 5.74) is 1.37. The van der Waals surface area contributed by atoms with Gasteiger partial charge in [-0.2, -0.15) is 5.10 Å². The Morgan fingerprint density at radius 1 is 1.35 bits per heavy atom. The largest absolute Gasteiger partial charge is 0.481 e. The van der Waals surface area contributed by atoms with Gasteiger partial charge in [-0.25, -0.2) is 0 Å². The van der Waals surface area contributed by atoms with Gasteiger partial charge in [0.1, 0.15) is 0 Å². The van der Waals surface area contributed by atoms with Crippen LogP contribution in [0, 0.1) is 5.92 Å². The Morgan fingerprint density at radius 3 is 2.95 bits per heavy atom. The molecule has 1 saturated carbocycles. The first-order chi connectivity index (χ1) is 9.63. The molecule has 2 atom stereocenters. The van der Waals surface area contributed by atoms with E-state index in [-0.39, 0.29) is 17.9 Å². The minimum absolute atomic E-state index is 0.0546. The zero-order chi connectivity index (χ0) is 14.1. The van der Waals surface area contributed by atoms with Gasteiger partial charge in [0.05, 0.1) is 17.6 Å². The van der Waals surface area contributed by atoms with E-state index < -0.39 is 5.97 Å². The van der Waals surface area contributed by atoms with Gasteiger partial charge in [-0.05, 0) is 31.4 Å². The van der Waals surface area contributed by atoms with E-state index in [2.05, 4.69) is 15.5 Å². The number of fused-ring (bicyclic) bond motifs is 1. The van der Waals surface area contributed by atoms with E-state index in [0.717, 1.165) is 17.3 Å². The Bertz CT molecular complexity index is 664.